The summed E-state index contributed by atoms with van der Waals surface area (Å²) in [6.07, 6.45) is 1.86. The van der Waals surface area contributed by atoms with E-state index in [1.54, 1.807) is 11.9 Å². The summed E-state index contributed by atoms with van der Waals surface area (Å²) in [6.45, 7) is 3.40. The number of urea groups is 1. The number of likely N-dealkylation sites (tertiary alicyclic amines) is 1. The molecule has 2 N–H and O–H groups in total. The Labute approximate surface area is 102 Å². The van der Waals surface area contributed by atoms with Gasteiger partial charge in [0.05, 0.1) is 0 Å². The Morgan fingerprint density at radius 2 is 1.94 bits per heavy atom. The van der Waals surface area contributed by atoms with E-state index < -0.39 is 12.0 Å². The Hall–Kier alpha value is -1.30. The third-order valence-corrected chi connectivity index (χ3v) is 3.27. The van der Waals surface area contributed by atoms with Crippen molar-refractivity contribution < 1.29 is 14.7 Å². The Kier molecular flexibility index (Phi) is 4.74. The number of nitrogens with one attached hydrogen (secondary N) is 1. The lowest BCUT2D eigenvalue weighted by atomic mass is 10.0. The van der Waals surface area contributed by atoms with Gasteiger partial charge >= 0.3 is 12.0 Å². The summed E-state index contributed by atoms with van der Waals surface area (Å²) in [5, 5.41) is 11.2. The van der Waals surface area contributed by atoms with Gasteiger partial charge in [-0.25, -0.2) is 4.79 Å². The number of aliphatic carboxylic acids is 1. The van der Waals surface area contributed by atoms with Gasteiger partial charge in [0.15, 0.2) is 0 Å². The highest BCUT2D eigenvalue weighted by atomic mass is 16.4. The molecule has 2 amide bonds. The first-order valence-corrected chi connectivity index (χ1v) is 5.86. The molecule has 0 aromatic heterocycles. The first-order valence-electron chi connectivity index (χ1n) is 5.86. The molecule has 1 saturated heterocycles. The van der Waals surface area contributed by atoms with Crippen molar-refractivity contribution in [2.75, 3.05) is 27.2 Å². The number of hydrogen-bond acceptors (Lipinski definition) is 3. The Bertz CT molecular complexity index is 288. The normalized spacial score (nSPS) is 19.7. The van der Waals surface area contributed by atoms with Crippen molar-refractivity contribution in [3.05, 3.63) is 0 Å². The van der Waals surface area contributed by atoms with Crippen LogP contribution in [0.25, 0.3) is 0 Å². The van der Waals surface area contributed by atoms with E-state index in [-0.39, 0.29) is 12.1 Å². The highest BCUT2D eigenvalue weighted by Gasteiger charge is 2.25. The van der Waals surface area contributed by atoms with E-state index in [0.717, 1.165) is 25.9 Å². The van der Waals surface area contributed by atoms with Crippen LogP contribution in [0, 0.1) is 0 Å². The Morgan fingerprint density at radius 3 is 2.41 bits per heavy atom. The fourth-order valence-corrected chi connectivity index (χ4v) is 1.90. The van der Waals surface area contributed by atoms with Crippen molar-refractivity contribution in [2.45, 2.75) is 31.8 Å². The molecule has 1 heterocycles. The SMILES string of the molecule is C[C@@H](NC(=O)N(C)C1CCN(C)CC1)C(=O)O. The Balaban J connectivity index is 2.43. The zero-order valence-electron chi connectivity index (χ0n) is 10.6. The molecule has 0 spiro atoms. The monoisotopic (exact) mass is 243 g/mol. The molecule has 0 unspecified atom stereocenters. The van der Waals surface area contributed by atoms with E-state index in [0.29, 0.717) is 0 Å². The molecule has 98 valence electrons. The van der Waals surface area contributed by atoms with Gasteiger partial charge in [0.1, 0.15) is 6.04 Å². The number of carbonyl (C=O) groups excluding carboxylic acids is 1. The van der Waals surface area contributed by atoms with Crippen LogP contribution in [-0.4, -0.2) is 66.2 Å². The summed E-state index contributed by atoms with van der Waals surface area (Å²) in [7, 11) is 3.78. The topological polar surface area (TPSA) is 72.9 Å². The lowest BCUT2D eigenvalue weighted by molar-refractivity contribution is -0.138. The number of amides is 2. The van der Waals surface area contributed by atoms with Crippen molar-refractivity contribution >= 4 is 12.0 Å². The van der Waals surface area contributed by atoms with Gasteiger partial charge in [-0.05, 0) is 39.9 Å². The summed E-state index contributed by atoms with van der Waals surface area (Å²) in [5.74, 6) is -1.02. The number of carbonyl (C=O) groups is 2. The van der Waals surface area contributed by atoms with Gasteiger partial charge in [-0.3, -0.25) is 4.79 Å². The van der Waals surface area contributed by atoms with Gasteiger partial charge in [-0.15, -0.1) is 0 Å². The molecule has 17 heavy (non-hydrogen) atoms. The molecule has 0 saturated carbocycles. The standard InChI is InChI=1S/C11H21N3O3/c1-8(10(15)16)12-11(17)14(3)9-4-6-13(2)7-5-9/h8-9H,4-7H2,1-3H3,(H,12,17)(H,15,16)/t8-/m1/s1. The minimum Gasteiger partial charge on any atom is -0.480 e. The second-order valence-electron chi connectivity index (χ2n) is 4.65. The molecule has 1 aliphatic heterocycles. The molecule has 0 radical (unpaired) electrons. The van der Waals surface area contributed by atoms with E-state index in [1.165, 1.54) is 6.92 Å². The smallest absolute Gasteiger partial charge is 0.325 e. The van der Waals surface area contributed by atoms with Gasteiger partial charge in [-0.1, -0.05) is 0 Å². The quantitative estimate of drug-likeness (QED) is 0.742. The second kappa shape index (κ2) is 5.86. The maximum absolute atomic E-state index is 11.8. The lowest BCUT2D eigenvalue weighted by Crippen LogP contribution is -2.51. The highest BCUT2D eigenvalue weighted by molar-refractivity contribution is 5.82. The van der Waals surface area contributed by atoms with Crippen molar-refractivity contribution in [3.63, 3.8) is 0 Å². The molecular formula is C11H21N3O3. The average molecular weight is 243 g/mol. The molecule has 1 aliphatic rings. The molecular weight excluding hydrogens is 222 g/mol. The fourth-order valence-electron chi connectivity index (χ4n) is 1.90. The number of piperidine rings is 1. The molecule has 0 aromatic rings. The van der Waals surface area contributed by atoms with E-state index in [1.807, 2.05) is 0 Å². The second-order valence-corrected chi connectivity index (χ2v) is 4.65. The molecule has 0 aromatic carbocycles. The minimum atomic E-state index is -1.02. The third-order valence-electron chi connectivity index (χ3n) is 3.27. The van der Waals surface area contributed by atoms with Crippen LogP contribution in [0.1, 0.15) is 19.8 Å². The van der Waals surface area contributed by atoms with Crippen LogP contribution < -0.4 is 5.32 Å². The van der Waals surface area contributed by atoms with E-state index >= 15 is 0 Å². The largest absolute Gasteiger partial charge is 0.480 e. The summed E-state index contributed by atoms with van der Waals surface area (Å²) in [5.41, 5.74) is 0. The van der Waals surface area contributed by atoms with Crippen molar-refractivity contribution in [2.24, 2.45) is 0 Å². The van der Waals surface area contributed by atoms with Crippen molar-refractivity contribution in [1.82, 2.24) is 15.1 Å². The zero-order valence-corrected chi connectivity index (χ0v) is 10.6. The fraction of sp³-hybridized carbons (Fsp3) is 0.818. The van der Waals surface area contributed by atoms with Crippen LogP contribution >= 0.6 is 0 Å². The van der Waals surface area contributed by atoms with Gasteiger partial charge in [0.2, 0.25) is 0 Å². The molecule has 6 heteroatoms. The molecule has 0 bridgehead atoms. The van der Waals surface area contributed by atoms with Gasteiger partial charge < -0.3 is 20.2 Å². The number of carboxylic acid groups (broad SMARTS) is 1. The maximum atomic E-state index is 11.8. The molecule has 1 rings (SSSR count). The number of rotatable bonds is 3. The van der Waals surface area contributed by atoms with Crippen LogP contribution in [0.15, 0.2) is 0 Å². The minimum absolute atomic E-state index is 0.201. The van der Waals surface area contributed by atoms with Crippen molar-refractivity contribution in [3.8, 4) is 0 Å². The molecule has 1 atom stereocenters. The van der Waals surface area contributed by atoms with Gasteiger partial charge in [0.25, 0.3) is 0 Å². The highest BCUT2D eigenvalue weighted by Crippen LogP contribution is 2.14. The summed E-state index contributed by atoms with van der Waals surface area (Å²) in [4.78, 5) is 26.3. The Morgan fingerprint density at radius 1 is 1.41 bits per heavy atom. The predicted octanol–water partition coefficient (Wildman–Crippen LogP) is 0.195. The summed E-state index contributed by atoms with van der Waals surface area (Å²) in [6, 6.07) is -0.960. The molecule has 0 aliphatic carbocycles. The van der Waals surface area contributed by atoms with Crippen LogP contribution in [0.4, 0.5) is 4.79 Å². The van der Waals surface area contributed by atoms with Crippen LogP contribution in [0.2, 0.25) is 0 Å². The predicted molar refractivity (Wildman–Crippen MR) is 63.9 cm³/mol. The average Bonchev–Trinajstić information content (AvgIpc) is 2.28. The van der Waals surface area contributed by atoms with Crippen LogP contribution in [0.3, 0.4) is 0 Å². The maximum Gasteiger partial charge on any atom is 0.325 e. The first kappa shape index (κ1) is 13.8. The number of hydrogen-bond donors (Lipinski definition) is 2. The van der Waals surface area contributed by atoms with Crippen molar-refractivity contribution in [1.29, 1.82) is 0 Å². The summed E-state index contributed by atoms with van der Waals surface area (Å²) >= 11 is 0. The van der Waals surface area contributed by atoms with Crippen LogP contribution in [0.5, 0.6) is 0 Å². The number of nitrogens with zero attached hydrogens (tertiary/aromatic N) is 2. The van der Waals surface area contributed by atoms with E-state index in [4.69, 9.17) is 5.11 Å². The number of carboxylic acids is 1. The van der Waals surface area contributed by atoms with E-state index in [9.17, 15) is 9.59 Å². The summed E-state index contributed by atoms with van der Waals surface area (Å²) < 4.78 is 0. The molecule has 6 nitrogen and oxygen atoms in total. The zero-order chi connectivity index (χ0) is 13.0. The lowest BCUT2D eigenvalue weighted by Gasteiger charge is -2.35. The van der Waals surface area contributed by atoms with Crippen LogP contribution in [-0.2, 0) is 4.79 Å². The first-order chi connectivity index (χ1) is 7.91. The van der Waals surface area contributed by atoms with E-state index in [2.05, 4.69) is 17.3 Å². The molecule has 1 fully saturated rings. The van der Waals surface area contributed by atoms with Gasteiger partial charge in [0, 0.05) is 13.1 Å². The van der Waals surface area contributed by atoms with Gasteiger partial charge in [-0.2, -0.15) is 0 Å². The third kappa shape index (κ3) is 3.89.